The number of aliphatic hydroxyl groups is 1. The van der Waals surface area contributed by atoms with E-state index in [2.05, 4.69) is 31.3 Å². The van der Waals surface area contributed by atoms with E-state index in [0.717, 1.165) is 5.69 Å². The van der Waals surface area contributed by atoms with Crippen molar-refractivity contribution >= 4 is 5.69 Å². The van der Waals surface area contributed by atoms with Crippen LogP contribution in [0.3, 0.4) is 0 Å². The van der Waals surface area contributed by atoms with Gasteiger partial charge >= 0.3 is 0 Å². The van der Waals surface area contributed by atoms with Gasteiger partial charge in [-0.05, 0) is 44.0 Å². The molecule has 2 N–H and O–H groups in total. The van der Waals surface area contributed by atoms with Gasteiger partial charge in [0.1, 0.15) is 0 Å². The molecule has 1 atom stereocenters. The number of hydrogen-bond acceptors (Lipinski definition) is 2. The molecule has 72 valence electrons. The van der Waals surface area contributed by atoms with Gasteiger partial charge in [-0.3, -0.25) is 0 Å². The Labute approximate surface area is 79.6 Å². The molecule has 1 aromatic carbocycles. The van der Waals surface area contributed by atoms with Crippen LogP contribution in [-0.4, -0.2) is 17.8 Å². The molecule has 0 aliphatic rings. The first-order chi connectivity index (χ1) is 6.09. The second kappa shape index (κ2) is 4.28. The highest BCUT2D eigenvalue weighted by Gasteiger charge is 1.97. The van der Waals surface area contributed by atoms with Crippen LogP contribution in [0.4, 0.5) is 5.69 Å². The van der Waals surface area contributed by atoms with Gasteiger partial charge in [0.05, 0.1) is 6.10 Å². The Morgan fingerprint density at radius 3 is 2.54 bits per heavy atom. The van der Waals surface area contributed by atoms with Crippen LogP contribution in [0.5, 0.6) is 0 Å². The van der Waals surface area contributed by atoms with Crippen LogP contribution < -0.4 is 5.32 Å². The van der Waals surface area contributed by atoms with Crippen molar-refractivity contribution in [1.29, 1.82) is 0 Å². The summed E-state index contributed by atoms with van der Waals surface area (Å²) in [6.45, 7) is 6.55. The number of anilines is 1. The van der Waals surface area contributed by atoms with Crippen molar-refractivity contribution in [2.24, 2.45) is 0 Å². The molecule has 0 saturated carbocycles. The van der Waals surface area contributed by atoms with Crippen molar-refractivity contribution in [2.75, 3.05) is 11.9 Å². The Morgan fingerprint density at radius 2 is 2.00 bits per heavy atom. The van der Waals surface area contributed by atoms with Crippen molar-refractivity contribution < 1.29 is 5.11 Å². The summed E-state index contributed by atoms with van der Waals surface area (Å²) in [6.07, 6.45) is -0.304. The Bertz CT molecular complexity index is 281. The van der Waals surface area contributed by atoms with Gasteiger partial charge < -0.3 is 10.4 Å². The Balaban J connectivity index is 2.63. The lowest BCUT2D eigenvalue weighted by atomic mass is 10.1. The third-order valence-electron chi connectivity index (χ3n) is 2.11. The van der Waals surface area contributed by atoms with Gasteiger partial charge in [0, 0.05) is 12.2 Å². The van der Waals surface area contributed by atoms with E-state index in [-0.39, 0.29) is 6.10 Å². The second-order valence-corrected chi connectivity index (χ2v) is 3.53. The third-order valence-corrected chi connectivity index (χ3v) is 2.11. The lowest BCUT2D eigenvalue weighted by Crippen LogP contribution is -2.15. The van der Waals surface area contributed by atoms with Crippen molar-refractivity contribution in [1.82, 2.24) is 0 Å². The fourth-order valence-electron chi connectivity index (χ4n) is 1.12. The van der Waals surface area contributed by atoms with Gasteiger partial charge in [-0.2, -0.15) is 0 Å². The first-order valence-corrected chi connectivity index (χ1v) is 4.59. The third kappa shape index (κ3) is 3.07. The molecular weight excluding hydrogens is 162 g/mol. The Morgan fingerprint density at radius 1 is 1.31 bits per heavy atom. The maximum atomic E-state index is 9.08. The second-order valence-electron chi connectivity index (χ2n) is 3.53. The summed E-state index contributed by atoms with van der Waals surface area (Å²) in [5, 5.41) is 12.2. The largest absolute Gasteiger partial charge is 0.392 e. The lowest BCUT2D eigenvalue weighted by Gasteiger charge is -2.09. The Hall–Kier alpha value is -1.02. The highest BCUT2D eigenvalue weighted by molar-refractivity contribution is 5.48. The average Bonchev–Trinajstić information content (AvgIpc) is 2.07. The van der Waals surface area contributed by atoms with Gasteiger partial charge in [-0.25, -0.2) is 0 Å². The van der Waals surface area contributed by atoms with Gasteiger partial charge in [-0.1, -0.05) is 6.07 Å². The molecule has 0 heterocycles. The molecule has 0 amide bonds. The van der Waals surface area contributed by atoms with E-state index < -0.39 is 0 Å². The zero-order valence-corrected chi connectivity index (χ0v) is 8.46. The number of aryl methyl sites for hydroxylation is 2. The predicted molar refractivity (Wildman–Crippen MR) is 56.1 cm³/mol. The minimum atomic E-state index is -0.304. The summed E-state index contributed by atoms with van der Waals surface area (Å²) in [7, 11) is 0. The SMILES string of the molecule is Cc1ccc(NC[C@H](C)O)cc1C. The lowest BCUT2D eigenvalue weighted by molar-refractivity contribution is 0.208. The standard InChI is InChI=1S/C11H17NO/c1-8-4-5-11(6-9(8)2)12-7-10(3)13/h4-6,10,12-13H,7H2,1-3H3/t10-/m0/s1. The normalized spacial score (nSPS) is 12.6. The van der Waals surface area contributed by atoms with Crippen LogP contribution in [0.1, 0.15) is 18.1 Å². The molecule has 1 rings (SSSR count). The molecule has 0 spiro atoms. The van der Waals surface area contributed by atoms with Gasteiger partial charge in [0.2, 0.25) is 0 Å². The zero-order chi connectivity index (χ0) is 9.84. The molecule has 0 bridgehead atoms. The van der Waals surface area contributed by atoms with Gasteiger partial charge in [0.25, 0.3) is 0 Å². The summed E-state index contributed by atoms with van der Waals surface area (Å²) in [4.78, 5) is 0. The molecule has 0 aromatic heterocycles. The molecule has 2 heteroatoms. The smallest absolute Gasteiger partial charge is 0.0684 e. The molecule has 0 aliphatic carbocycles. The van der Waals surface area contributed by atoms with E-state index >= 15 is 0 Å². The van der Waals surface area contributed by atoms with Gasteiger partial charge in [0.15, 0.2) is 0 Å². The number of nitrogens with one attached hydrogen (secondary N) is 1. The molecule has 0 aliphatic heterocycles. The number of rotatable bonds is 3. The molecule has 0 fully saturated rings. The molecule has 0 saturated heterocycles. The van der Waals surface area contributed by atoms with Crippen LogP contribution in [0, 0.1) is 13.8 Å². The van der Waals surface area contributed by atoms with Crippen LogP contribution >= 0.6 is 0 Å². The fourth-order valence-corrected chi connectivity index (χ4v) is 1.12. The summed E-state index contributed by atoms with van der Waals surface area (Å²) in [5.74, 6) is 0. The van der Waals surface area contributed by atoms with E-state index in [9.17, 15) is 0 Å². The van der Waals surface area contributed by atoms with Crippen molar-refractivity contribution in [3.05, 3.63) is 29.3 Å². The summed E-state index contributed by atoms with van der Waals surface area (Å²) < 4.78 is 0. The number of hydrogen-bond donors (Lipinski definition) is 2. The van der Waals surface area contributed by atoms with Gasteiger partial charge in [-0.15, -0.1) is 0 Å². The topological polar surface area (TPSA) is 32.3 Å². The molecule has 0 unspecified atom stereocenters. The minimum absolute atomic E-state index is 0.304. The molecule has 1 aromatic rings. The van der Waals surface area contributed by atoms with Crippen LogP contribution in [0.2, 0.25) is 0 Å². The van der Waals surface area contributed by atoms with Crippen molar-refractivity contribution in [2.45, 2.75) is 26.9 Å². The van der Waals surface area contributed by atoms with E-state index in [1.807, 2.05) is 6.07 Å². The van der Waals surface area contributed by atoms with Crippen molar-refractivity contribution in [3.63, 3.8) is 0 Å². The van der Waals surface area contributed by atoms with E-state index in [1.165, 1.54) is 11.1 Å². The molecule has 0 radical (unpaired) electrons. The first-order valence-electron chi connectivity index (χ1n) is 4.59. The van der Waals surface area contributed by atoms with E-state index in [1.54, 1.807) is 6.92 Å². The van der Waals surface area contributed by atoms with Crippen LogP contribution in [0.15, 0.2) is 18.2 Å². The minimum Gasteiger partial charge on any atom is -0.392 e. The van der Waals surface area contributed by atoms with Crippen LogP contribution in [0.25, 0.3) is 0 Å². The maximum absolute atomic E-state index is 9.08. The number of benzene rings is 1. The molecule has 2 nitrogen and oxygen atoms in total. The Kier molecular flexibility index (Phi) is 3.32. The number of aliphatic hydroxyl groups excluding tert-OH is 1. The average molecular weight is 179 g/mol. The van der Waals surface area contributed by atoms with E-state index in [4.69, 9.17) is 5.11 Å². The fraction of sp³-hybridized carbons (Fsp3) is 0.455. The maximum Gasteiger partial charge on any atom is 0.0684 e. The zero-order valence-electron chi connectivity index (χ0n) is 8.46. The highest BCUT2D eigenvalue weighted by atomic mass is 16.3. The predicted octanol–water partition coefficient (Wildman–Crippen LogP) is 2.10. The quantitative estimate of drug-likeness (QED) is 0.744. The van der Waals surface area contributed by atoms with Crippen LogP contribution in [-0.2, 0) is 0 Å². The van der Waals surface area contributed by atoms with E-state index in [0.29, 0.717) is 6.54 Å². The first kappa shape index (κ1) is 10.1. The monoisotopic (exact) mass is 179 g/mol. The molecular formula is C11H17NO. The summed E-state index contributed by atoms with van der Waals surface area (Å²) in [6, 6.07) is 6.21. The highest BCUT2D eigenvalue weighted by Crippen LogP contribution is 2.13. The summed E-state index contributed by atoms with van der Waals surface area (Å²) >= 11 is 0. The van der Waals surface area contributed by atoms with Crippen molar-refractivity contribution in [3.8, 4) is 0 Å². The summed E-state index contributed by atoms with van der Waals surface area (Å²) in [5.41, 5.74) is 3.64. The molecule has 13 heavy (non-hydrogen) atoms.